The van der Waals surface area contributed by atoms with E-state index in [2.05, 4.69) is 41.4 Å². The number of aromatic nitrogens is 2. The highest BCUT2D eigenvalue weighted by Crippen LogP contribution is 2.31. The Morgan fingerprint density at radius 3 is 2.56 bits per heavy atom. The molecular weight excluding hydrogens is 370 g/mol. The molecule has 4 aromatic rings. The molecule has 0 saturated heterocycles. The Hall–Kier alpha value is -2.94. The Morgan fingerprint density at radius 1 is 0.963 bits per heavy atom. The quantitative estimate of drug-likeness (QED) is 0.393. The van der Waals surface area contributed by atoms with Gasteiger partial charge in [-0.3, -0.25) is 0 Å². The van der Waals surface area contributed by atoms with E-state index >= 15 is 0 Å². The van der Waals surface area contributed by atoms with Crippen LogP contribution in [0.15, 0.2) is 83.3 Å². The lowest BCUT2D eigenvalue weighted by atomic mass is 10.1. The first-order valence-corrected chi connectivity index (χ1v) is 10.3. The van der Waals surface area contributed by atoms with Gasteiger partial charge in [-0.2, -0.15) is 5.26 Å². The predicted molar refractivity (Wildman–Crippen MR) is 111 cm³/mol. The maximum absolute atomic E-state index is 8.92. The van der Waals surface area contributed by atoms with Crippen molar-refractivity contribution in [3.63, 3.8) is 0 Å². The summed E-state index contributed by atoms with van der Waals surface area (Å²) in [6, 6.07) is 24.1. The molecule has 2 aromatic carbocycles. The third-order valence-corrected chi connectivity index (χ3v) is 5.91. The molecule has 0 fully saturated rings. The summed E-state index contributed by atoms with van der Waals surface area (Å²) < 4.78 is 0. The van der Waals surface area contributed by atoms with Crippen LogP contribution >= 0.6 is 23.1 Å². The second kappa shape index (κ2) is 8.17. The third-order valence-electron chi connectivity index (χ3n) is 4.03. The topological polar surface area (TPSA) is 49.6 Å². The van der Waals surface area contributed by atoms with Crippen LogP contribution in [-0.4, -0.2) is 9.97 Å². The van der Waals surface area contributed by atoms with Crippen LogP contribution in [0.3, 0.4) is 0 Å². The van der Waals surface area contributed by atoms with E-state index in [1.54, 1.807) is 23.1 Å². The van der Waals surface area contributed by atoms with Gasteiger partial charge in [0.05, 0.1) is 22.4 Å². The van der Waals surface area contributed by atoms with Crippen LogP contribution in [0.4, 0.5) is 0 Å². The average molecular weight is 386 g/mol. The van der Waals surface area contributed by atoms with Crippen molar-refractivity contribution in [3.8, 4) is 27.9 Å². The number of thiazole rings is 1. The molecule has 0 N–H and O–H groups in total. The van der Waals surface area contributed by atoms with E-state index in [-0.39, 0.29) is 0 Å². The molecule has 2 aromatic heterocycles. The van der Waals surface area contributed by atoms with Gasteiger partial charge in [0.25, 0.3) is 0 Å². The van der Waals surface area contributed by atoms with Crippen LogP contribution in [0.5, 0.6) is 0 Å². The number of rotatable bonds is 5. The van der Waals surface area contributed by atoms with Crippen molar-refractivity contribution in [2.24, 2.45) is 0 Å². The average Bonchev–Trinajstić information content (AvgIpc) is 3.24. The SMILES string of the molecule is N#Cc1ccc(-c2csc(-c3ccnc(SCc4ccccc4)c3)n2)cc1. The van der Waals surface area contributed by atoms with E-state index < -0.39 is 0 Å². The van der Waals surface area contributed by atoms with Crippen LogP contribution in [-0.2, 0) is 5.75 Å². The monoisotopic (exact) mass is 385 g/mol. The Kier molecular flexibility index (Phi) is 5.29. The molecule has 0 radical (unpaired) electrons. The predicted octanol–water partition coefficient (Wildman–Crippen LogP) is 6.04. The van der Waals surface area contributed by atoms with Crippen molar-refractivity contribution >= 4 is 23.1 Å². The van der Waals surface area contributed by atoms with Crippen molar-refractivity contribution in [2.75, 3.05) is 0 Å². The smallest absolute Gasteiger partial charge is 0.124 e. The second-order valence-corrected chi connectivity index (χ2v) is 7.74. The molecule has 4 rings (SSSR count). The Labute approximate surface area is 166 Å². The molecule has 0 amide bonds. The maximum Gasteiger partial charge on any atom is 0.124 e. The standard InChI is InChI=1S/C22H15N3S2/c23-13-16-6-8-18(9-7-16)20-15-27-22(25-20)19-10-11-24-21(12-19)26-14-17-4-2-1-3-5-17/h1-12,15H,14H2. The summed E-state index contributed by atoms with van der Waals surface area (Å²) in [4.78, 5) is 9.24. The lowest BCUT2D eigenvalue weighted by molar-refractivity contribution is 1.13. The largest absolute Gasteiger partial charge is 0.250 e. The fourth-order valence-corrected chi connectivity index (χ4v) is 4.29. The van der Waals surface area contributed by atoms with E-state index in [4.69, 9.17) is 10.2 Å². The molecule has 0 aliphatic heterocycles. The molecule has 5 heteroatoms. The first kappa shape index (κ1) is 17.5. The molecule has 0 aliphatic rings. The van der Waals surface area contributed by atoms with Crippen LogP contribution in [0, 0.1) is 11.3 Å². The van der Waals surface area contributed by atoms with Crippen LogP contribution in [0.2, 0.25) is 0 Å². The summed E-state index contributed by atoms with van der Waals surface area (Å²) in [6.45, 7) is 0. The van der Waals surface area contributed by atoms with Gasteiger partial charge in [0.2, 0.25) is 0 Å². The highest BCUT2D eigenvalue weighted by atomic mass is 32.2. The fourth-order valence-electron chi connectivity index (χ4n) is 2.61. The number of hydrogen-bond donors (Lipinski definition) is 0. The van der Waals surface area contributed by atoms with Gasteiger partial charge >= 0.3 is 0 Å². The summed E-state index contributed by atoms with van der Waals surface area (Å²) >= 11 is 3.34. The van der Waals surface area contributed by atoms with Crippen LogP contribution in [0.25, 0.3) is 21.8 Å². The van der Waals surface area contributed by atoms with E-state index in [0.717, 1.165) is 32.6 Å². The zero-order chi connectivity index (χ0) is 18.5. The fraction of sp³-hybridized carbons (Fsp3) is 0.0455. The zero-order valence-corrected chi connectivity index (χ0v) is 16.0. The third kappa shape index (κ3) is 4.25. The van der Waals surface area contributed by atoms with Gasteiger partial charge in [0, 0.05) is 28.5 Å². The molecule has 0 spiro atoms. The summed E-state index contributed by atoms with van der Waals surface area (Å²) in [7, 11) is 0. The second-order valence-electron chi connectivity index (χ2n) is 5.88. The number of pyridine rings is 1. The van der Waals surface area contributed by atoms with Gasteiger partial charge in [0.15, 0.2) is 0 Å². The maximum atomic E-state index is 8.92. The number of benzene rings is 2. The number of hydrogen-bond acceptors (Lipinski definition) is 5. The molecule has 0 saturated carbocycles. The normalized spacial score (nSPS) is 10.5. The minimum atomic E-state index is 0.656. The van der Waals surface area contributed by atoms with E-state index in [1.807, 2.05) is 48.0 Å². The van der Waals surface area contributed by atoms with Crippen molar-refractivity contribution in [1.82, 2.24) is 9.97 Å². The highest BCUT2D eigenvalue weighted by molar-refractivity contribution is 7.98. The Balaban J connectivity index is 1.52. The van der Waals surface area contributed by atoms with Gasteiger partial charge < -0.3 is 0 Å². The van der Waals surface area contributed by atoms with Crippen molar-refractivity contribution in [1.29, 1.82) is 5.26 Å². The van der Waals surface area contributed by atoms with E-state index in [9.17, 15) is 0 Å². The molecule has 3 nitrogen and oxygen atoms in total. The molecule has 130 valence electrons. The summed E-state index contributed by atoms with van der Waals surface area (Å²) in [6.07, 6.45) is 1.84. The lowest BCUT2D eigenvalue weighted by Crippen LogP contribution is -1.85. The van der Waals surface area contributed by atoms with Gasteiger partial charge in [0.1, 0.15) is 5.01 Å². The minimum absolute atomic E-state index is 0.656. The van der Waals surface area contributed by atoms with Gasteiger partial charge in [-0.1, -0.05) is 42.5 Å². The number of nitriles is 1. The molecule has 0 unspecified atom stereocenters. The Bertz CT molecular complexity index is 1080. The number of nitrogens with zero attached hydrogens (tertiary/aromatic N) is 3. The number of thioether (sulfide) groups is 1. The van der Waals surface area contributed by atoms with Crippen LogP contribution in [0.1, 0.15) is 11.1 Å². The van der Waals surface area contributed by atoms with Gasteiger partial charge in [-0.05, 0) is 29.8 Å². The van der Waals surface area contributed by atoms with Crippen molar-refractivity contribution < 1.29 is 0 Å². The lowest BCUT2D eigenvalue weighted by Gasteiger charge is -2.03. The molecule has 0 bridgehead atoms. The van der Waals surface area contributed by atoms with E-state index in [0.29, 0.717) is 5.56 Å². The van der Waals surface area contributed by atoms with Crippen molar-refractivity contribution in [3.05, 3.63) is 89.4 Å². The molecule has 27 heavy (non-hydrogen) atoms. The van der Waals surface area contributed by atoms with E-state index in [1.165, 1.54) is 5.56 Å². The molecular formula is C22H15N3S2. The zero-order valence-electron chi connectivity index (χ0n) is 14.4. The first-order chi connectivity index (χ1) is 13.3. The van der Waals surface area contributed by atoms with Crippen molar-refractivity contribution in [2.45, 2.75) is 10.8 Å². The van der Waals surface area contributed by atoms with Crippen LogP contribution < -0.4 is 0 Å². The first-order valence-electron chi connectivity index (χ1n) is 8.41. The summed E-state index contributed by atoms with van der Waals surface area (Å²) in [5.74, 6) is 0.894. The molecule has 0 atom stereocenters. The summed E-state index contributed by atoms with van der Waals surface area (Å²) in [5.41, 5.74) is 4.96. The molecule has 2 heterocycles. The highest BCUT2D eigenvalue weighted by Gasteiger charge is 2.08. The minimum Gasteiger partial charge on any atom is -0.250 e. The van der Waals surface area contributed by atoms with Gasteiger partial charge in [-0.15, -0.1) is 23.1 Å². The summed E-state index contributed by atoms with van der Waals surface area (Å²) in [5, 5.41) is 12.9. The Morgan fingerprint density at radius 2 is 1.78 bits per heavy atom. The molecule has 0 aliphatic carbocycles. The van der Waals surface area contributed by atoms with Gasteiger partial charge in [-0.25, -0.2) is 9.97 Å².